The Bertz CT molecular complexity index is 77.3. The average Bonchev–Trinajstić information content (AvgIpc) is 1.89. The summed E-state index contributed by atoms with van der Waals surface area (Å²) in [6.45, 7) is 6.87. The Morgan fingerprint density at radius 1 is 1.30 bits per heavy atom. The van der Waals surface area contributed by atoms with Gasteiger partial charge in [0.15, 0.2) is 0 Å². The molecule has 0 aliphatic rings. The first-order valence-corrected chi connectivity index (χ1v) is 4.11. The minimum atomic E-state index is -0.358. The van der Waals surface area contributed by atoms with Crippen LogP contribution < -0.4 is 5.73 Å². The standard InChI is InChI=1S/C8H19NO/c1-4-7-8(9,5-2)10-6-3/h4-7,9H2,1-3H3. The van der Waals surface area contributed by atoms with Crippen molar-refractivity contribution in [2.75, 3.05) is 6.61 Å². The lowest BCUT2D eigenvalue weighted by molar-refractivity contribution is -0.0441. The van der Waals surface area contributed by atoms with Crippen molar-refractivity contribution in [1.29, 1.82) is 0 Å². The molecule has 10 heavy (non-hydrogen) atoms. The zero-order valence-corrected chi connectivity index (χ0v) is 7.31. The first kappa shape index (κ1) is 9.92. The van der Waals surface area contributed by atoms with Crippen molar-refractivity contribution in [3.8, 4) is 0 Å². The Morgan fingerprint density at radius 2 is 1.90 bits per heavy atom. The van der Waals surface area contributed by atoms with Crippen molar-refractivity contribution in [2.24, 2.45) is 5.73 Å². The highest BCUT2D eigenvalue weighted by molar-refractivity contribution is 4.69. The second-order valence-corrected chi connectivity index (χ2v) is 2.60. The van der Waals surface area contributed by atoms with E-state index in [1.807, 2.05) is 6.92 Å². The predicted molar refractivity (Wildman–Crippen MR) is 43.7 cm³/mol. The lowest BCUT2D eigenvalue weighted by atomic mass is 10.1. The van der Waals surface area contributed by atoms with E-state index in [2.05, 4.69) is 13.8 Å². The van der Waals surface area contributed by atoms with Gasteiger partial charge in [0, 0.05) is 6.61 Å². The quantitative estimate of drug-likeness (QED) is 0.599. The molecule has 0 aliphatic heterocycles. The Balaban J connectivity index is 3.69. The number of hydrogen-bond donors (Lipinski definition) is 1. The highest BCUT2D eigenvalue weighted by Gasteiger charge is 2.20. The lowest BCUT2D eigenvalue weighted by Gasteiger charge is -2.27. The molecule has 0 bridgehead atoms. The van der Waals surface area contributed by atoms with Gasteiger partial charge in [0.1, 0.15) is 5.72 Å². The van der Waals surface area contributed by atoms with Gasteiger partial charge in [-0.15, -0.1) is 0 Å². The third-order valence-electron chi connectivity index (χ3n) is 1.70. The number of rotatable bonds is 5. The van der Waals surface area contributed by atoms with Gasteiger partial charge in [0.2, 0.25) is 0 Å². The molecule has 1 unspecified atom stereocenters. The molecule has 62 valence electrons. The van der Waals surface area contributed by atoms with Gasteiger partial charge in [-0.2, -0.15) is 0 Å². The van der Waals surface area contributed by atoms with Gasteiger partial charge in [0.05, 0.1) is 0 Å². The van der Waals surface area contributed by atoms with E-state index in [1.165, 1.54) is 0 Å². The van der Waals surface area contributed by atoms with Crippen molar-refractivity contribution in [1.82, 2.24) is 0 Å². The summed E-state index contributed by atoms with van der Waals surface area (Å²) < 4.78 is 5.40. The van der Waals surface area contributed by atoms with Crippen molar-refractivity contribution >= 4 is 0 Å². The zero-order chi connectivity index (χ0) is 8.04. The zero-order valence-electron chi connectivity index (χ0n) is 7.31. The topological polar surface area (TPSA) is 35.2 Å². The van der Waals surface area contributed by atoms with E-state index in [4.69, 9.17) is 10.5 Å². The van der Waals surface area contributed by atoms with Crippen LogP contribution in [0.2, 0.25) is 0 Å². The molecule has 0 aromatic carbocycles. The molecule has 0 radical (unpaired) electrons. The average molecular weight is 145 g/mol. The van der Waals surface area contributed by atoms with Crippen molar-refractivity contribution in [3.63, 3.8) is 0 Å². The molecule has 0 fully saturated rings. The van der Waals surface area contributed by atoms with Gasteiger partial charge in [-0.05, 0) is 19.8 Å². The number of hydrogen-bond acceptors (Lipinski definition) is 2. The number of nitrogens with two attached hydrogens (primary N) is 1. The Labute approximate surface area is 63.7 Å². The molecule has 0 spiro atoms. The predicted octanol–water partition coefficient (Wildman–Crippen LogP) is 1.89. The smallest absolute Gasteiger partial charge is 0.116 e. The van der Waals surface area contributed by atoms with E-state index in [9.17, 15) is 0 Å². The van der Waals surface area contributed by atoms with Crippen LogP contribution in [0.5, 0.6) is 0 Å². The SMILES string of the molecule is CCCC(N)(CC)OCC. The highest BCUT2D eigenvalue weighted by Crippen LogP contribution is 2.14. The van der Waals surface area contributed by atoms with Crippen LogP contribution in [0.1, 0.15) is 40.0 Å². The van der Waals surface area contributed by atoms with Crippen molar-refractivity contribution in [3.05, 3.63) is 0 Å². The molecule has 0 aromatic rings. The molecule has 0 saturated carbocycles. The molecule has 0 heterocycles. The van der Waals surface area contributed by atoms with E-state index in [-0.39, 0.29) is 5.72 Å². The summed E-state index contributed by atoms with van der Waals surface area (Å²) in [5.74, 6) is 0. The summed E-state index contributed by atoms with van der Waals surface area (Å²) in [6, 6.07) is 0. The molecule has 2 nitrogen and oxygen atoms in total. The maximum atomic E-state index is 5.90. The monoisotopic (exact) mass is 145 g/mol. The summed E-state index contributed by atoms with van der Waals surface area (Å²) in [7, 11) is 0. The molecule has 0 amide bonds. The molecule has 1 atom stereocenters. The molecular formula is C8H19NO. The Morgan fingerprint density at radius 3 is 2.20 bits per heavy atom. The molecule has 0 aliphatic carbocycles. The largest absolute Gasteiger partial charge is 0.361 e. The van der Waals surface area contributed by atoms with E-state index < -0.39 is 0 Å². The van der Waals surface area contributed by atoms with E-state index in [1.54, 1.807) is 0 Å². The third-order valence-corrected chi connectivity index (χ3v) is 1.70. The second kappa shape index (κ2) is 4.69. The van der Waals surface area contributed by atoms with E-state index >= 15 is 0 Å². The second-order valence-electron chi connectivity index (χ2n) is 2.60. The fourth-order valence-electron chi connectivity index (χ4n) is 1.06. The third kappa shape index (κ3) is 3.18. The normalized spacial score (nSPS) is 16.8. The molecule has 0 saturated heterocycles. The van der Waals surface area contributed by atoms with Crippen molar-refractivity contribution in [2.45, 2.75) is 45.8 Å². The minimum absolute atomic E-state index is 0.358. The summed E-state index contributed by atoms with van der Waals surface area (Å²) in [5.41, 5.74) is 5.54. The van der Waals surface area contributed by atoms with Gasteiger partial charge in [-0.3, -0.25) is 0 Å². The van der Waals surface area contributed by atoms with Gasteiger partial charge < -0.3 is 10.5 Å². The van der Waals surface area contributed by atoms with Crippen molar-refractivity contribution < 1.29 is 4.74 Å². The van der Waals surface area contributed by atoms with Gasteiger partial charge in [-0.25, -0.2) is 0 Å². The first-order valence-electron chi connectivity index (χ1n) is 4.11. The highest BCUT2D eigenvalue weighted by atomic mass is 16.5. The fraction of sp³-hybridized carbons (Fsp3) is 1.00. The van der Waals surface area contributed by atoms with Crippen LogP contribution in [0, 0.1) is 0 Å². The van der Waals surface area contributed by atoms with Crippen LogP contribution in [0.3, 0.4) is 0 Å². The lowest BCUT2D eigenvalue weighted by Crippen LogP contribution is -2.41. The molecular weight excluding hydrogens is 126 g/mol. The van der Waals surface area contributed by atoms with Crippen LogP contribution in [0.15, 0.2) is 0 Å². The first-order chi connectivity index (χ1) is 4.68. The molecule has 2 N–H and O–H groups in total. The van der Waals surface area contributed by atoms with E-state index in [0.29, 0.717) is 6.61 Å². The summed E-state index contributed by atoms with van der Waals surface area (Å²) >= 11 is 0. The summed E-state index contributed by atoms with van der Waals surface area (Å²) in [5, 5.41) is 0. The molecule has 2 heteroatoms. The van der Waals surface area contributed by atoms with Crippen LogP contribution >= 0.6 is 0 Å². The fourth-order valence-corrected chi connectivity index (χ4v) is 1.06. The van der Waals surface area contributed by atoms with Gasteiger partial charge >= 0.3 is 0 Å². The van der Waals surface area contributed by atoms with Crippen LogP contribution in [0.25, 0.3) is 0 Å². The maximum Gasteiger partial charge on any atom is 0.116 e. The van der Waals surface area contributed by atoms with Crippen LogP contribution in [-0.2, 0) is 4.74 Å². The van der Waals surface area contributed by atoms with Gasteiger partial charge in [-0.1, -0.05) is 20.3 Å². The minimum Gasteiger partial charge on any atom is -0.361 e. The van der Waals surface area contributed by atoms with Crippen LogP contribution in [0.4, 0.5) is 0 Å². The maximum absolute atomic E-state index is 5.90. The Hall–Kier alpha value is -0.0800. The van der Waals surface area contributed by atoms with Gasteiger partial charge in [0.25, 0.3) is 0 Å². The van der Waals surface area contributed by atoms with E-state index in [0.717, 1.165) is 19.3 Å². The van der Waals surface area contributed by atoms with Crippen LogP contribution in [-0.4, -0.2) is 12.3 Å². The summed E-state index contributed by atoms with van der Waals surface area (Å²) in [4.78, 5) is 0. The number of ether oxygens (including phenoxy) is 1. The Kier molecular flexibility index (Phi) is 4.65. The summed E-state index contributed by atoms with van der Waals surface area (Å²) in [6.07, 6.45) is 2.94. The molecule has 0 aromatic heterocycles. The molecule has 0 rings (SSSR count).